The van der Waals surface area contributed by atoms with Gasteiger partial charge in [0, 0.05) is 21.7 Å². The van der Waals surface area contributed by atoms with Crippen LogP contribution >= 0.6 is 27.3 Å². The van der Waals surface area contributed by atoms with Crippen LogP contribution in [-0.4, -0.2) is 17.1 Å². The molecule has 2 aromatic heterocycles. The van der Waals surface area contributed by atoms with Crippen molar-refractivity contribution in [1.82, 2.24) is 10.4 Å². The molecule has 1 N–H and O–H groups in total. The van der Waals surface area contributed by atoms with Gasteiger partial charge in [-0.05, 0) is 33.4 Å². The normalized spacial score (nSPS) is 10.6. The van der Waals surface area contributed by atoms with Crippen molar-refractivity contribution in [2.45, 2.75) is 0 Å². The van der Waals surface area contributed by atoms with E-state index in [4.69, 9.17) is 0 Å². The molecule has 86 valence electrons. The van der Waals surface area contributed by atoms with Crippen LogP contribution in [0.4, 0.5) is 0 Å². The van der Waals surface area contributed by atoms with Gasteiger partial charge in [0.05, 0.1) is 11.8 Å². The predicted molar refractivity (Wildman–Crippen MR) is 71.3 cm³/mol. The molecule has 0 aliphatic carbocycles. The maximum atomic E-state index is 11.6. The molecule has 0 spiro atoms. The summed E-state index contributed by atoms with van der Waals surface area (Å²) >= 11 is 4.80. The van der Waals surface area contributed by atoms with Crippen LogP contribution in [0.25, 0.3) is 0 Å². The van der Waals surface area contributed by atoms with E-state index in [-0.39, 0.29) is 5.91 Å². The van der Waals surface area contributed by atoms with Gasteiger partial charge < -0.3 is 0 Å². The summed E-state index contributed by atoms with van der Waals surface area (Å²) in [6.45, 7) is 0. The largest absolute Gasteiger partial charge is 0.272 e. The summed E-state index contributed by atoms with van der Waals surface area (Å²) in [6.07, 6.45) is 4.71. The maximum Gasteiger partial charge on any atom is 0.272 e. The van der Waals surface area contributed by atoms with E-state index in [1.165, 1.54) is 6.20 Å². The van der Waals surface area contributed by atoms with Crippen molar-refractivity contribution in [3.63, 3.8) is 0 Å². The number of hydrogen-bond donors (Lipinski definition) is 1. The standard InChI is InChI=1S/C11H8BrN3OS/c12-9-4-8(5-13-6-9)11(16)15-14-7-10-2-1-3-17-10/h1-7H,(H,15,16). The Kier molecular flexibility index (Phi) is 4.00. The SMILES string of the molecule is O=C(NN=Cc1cccs1)c1cncc(Br)c1. The molecule has 2 heterocycles. The number of carbonyl (C=O) groups is 1. The highest BCUT2D eigenvalue weighted by atomic mass is 79.9. The van der Waals surface area contributed by atoms with Crippen molar-refractivity contribution < 1.29 is 4.79 Å². The first-order chi connectivity index (χ1) is 8.25. The average Bonchev–Trinajstić information content (AvgIpc) is 2.82. The van der Waals surface area contributed by atoms with Crippen LogP contribution in [0, 0.1) is 0 Å². The van der Waals surface area contributed by atoms with Crippen LogP contribution in [0.5, 0.6) is 0 Å². The minimum atomic E-state index is -0.286. The Labute approximate surface area is 111 Å². The lowest BCUT2D eigenvalue weighted by molar-refractivity contribution is 0.0954. The minimum Gasteiger partial charge on any atom is -0.267 e. The van der Waals surface area contributed by atoms with Gasteiger partial charge in [0.1, 0.15) is 0 Å². The molecule has 0 aromatic carbocycles. The summed E-state index contributed by atoms with van der Waals surface area (Å²) in [7, 11) is 0. The fourth-order valence-corrected chi connectivity index (χ4v) is 2.07. The number of nitrogens with one attached hydrogen (secondary N) is 1. The third kappa shape index (κ3) is 3.47. The van der Waals surface area contributed by atoms with E-state index >= 15 is 0 Å². The van der Waals surface area contributed by atoms with Gasteiger partial charge in [-0.3, -0.25) is 9.78 Å². The highest BCUT2D eigenvalue weighted by molar-refractivity contribution is 9.10. The minimum absolute atomic E-state index is 0.286. The molecule has 0 unspecified atom stereocenters. The van der Waals surface area contributed by atoms with Crippen LogP contribution in [0.2, 0.25) is 0 Å². The molecule has 0 bridgehead atoms. The van der Waals surface area contributed by atoms with Crippen molar-refractivity contribution in [3.8, 4) is 0 Å². The highest BCUT2D eigenvalue weighted by Crippen LogP contribution is 2.09. The van der Waals surface area contributed by atoms with Crippen molar-refractivity contribution in [3.05, 3.63) is 50.9 Å². The van der Waals surface area contributed by atoms with Crippen molar-refractivity contribution >= 4 is 39.4 Å². The lowest BCUT2D eigenvalue weighted by Gasteiger charge is -1.98. The summed E-state index contributed by atoms with van der Waals surface area (Å²) in [5.41, 5.74) is 2.90. The third-order valence-electron chi connectivity index (χ3n) is 1.87. The zero-order chi connectivity index (χ0) is 12.1. The van der Waals surface area contributed by atoms with E-state index < -0.39 is 0 Å². The second-order valence-electron chi connectivity index (χ2n) is 3.11. The molecular formula is C11H8BrN3OS. The van der Waals surface area contributed by atoms with E-state index in [2.05, 4.69) is 31.4 Å². The predicted octanol–water partition coefficient (Wildman–Crippen LogP) is 2.67. The molecule has 1 amide bonds. The first kappa shape index (κ1) is 11.9. The first-order valence-corrected chi connectivity index (χ1v) is 6.40. The molecule has 0 radical (unpaired) electrons. The monoisotopic (exact) mass is 309 g/mol. The number of carbonyl (C=O) groups excluding carboxylic acids is 1. The van der Waals surface area contributed by atoms with E-state index in [1.54, 1.807) is 29.8 Å². The van der Waals surface area contributed by atoms with Gasteiger partial charge in [0.25, 0.3) is 5.91 Å². The Morgan fingerprint density at radius 2 is 2.41 bits per heavy atom. The molecule has 4 nitrogen and oxygen atoms in total. The number of aromatic nitrogens is 1. The van der Waals surface area contributed by atoms with E-state index in [1.807, 2.05) is 17.5 Å². The summed E-state index contributed by atoms with van der Waals surface area (Å²) in [6, 6.07) is 5.52. The van der Waals surface area contributed by atoms with Gasteiger partial charge in [-0.25, -0.2) is 5.43 Å². The average molecular weight is 310 g/mol. The molecule has 0 saturated carbocycles. The lowest BCUT2D eigenvalue weighted by Crippen LogP contribution is -2.17. The maximum absolute atomic E-state index is 11.6. The number of amides is 1. The van der Waals surface area contributed by atoms with Crippen molar-refractivity contribution in [1.29, 1.82) is 0 Å². The number of thiophene rings is 1. The fourth-order valence-electron chi connectivity index (χ4n) is 1.12. The molecule has 2 rings (SSSR count). The van der Waals surface area contributed by atoms with E-state index in [0.717, 1.165) is 9.35 Å². The van der Waals surface area contributed by atoms with Gasteiger partial charge in [-0.1, -0.05) is 6.07 Å². The van der Waals surface area contributed by atoms with E-state index in [9.17, 15) is 4.79 Å². The Morgan fingerprint density at radius 1 is 1.53 bits per heavy atom. The number of halogens is 1. The quantitative estimate of drug-likeness (QED) is 0.700. The molecule has 0 aliphatic rings. The number of nitrogens with zero attached hydrogens (tertiary/aromatic N) is 2. The Morgan fingerprint density at radius 3 is 3.12 bits per heavy atom. The molecule has 2 aromatic rings. The summed E-state index contributed by atoms with van der Waals surface area (Å²) < 4.78 is 0.757. The van der Waals surface area contributed by atoms with Gasteiger partial charge >= 0.3 is 0 Å². The topological polar surface area (TPSA) is 54.4 Å². The van der Waals surface area contributed by atoms with Crippen LogP contribution in [0.1, 0.15) is 15.2 Å². The molecule has 0 saturated heterocycles. The second kappa shape index (κ2) is 5.70. The Bertz CT molecular complexity index is 539. The number of hydrogen-bond acceptors (Lipinski definition) is 4. The highest BCUT2D eigenvalue weighted by Gasteiger charge is 2.04. The summed E-state index contributed by atoms with van der Waals surface area (Å²) in [5, 5.41) is 5.81. The molecule has 0 aliphatic heterocycles. The third-order valence-corrected chi connectivity index (χ3v) is 3.11. The lowest BCUT2D eigenvalue weighted by atomic mass is 10.3. The van der Waals surface area contributed by atoms with Crippen molar-refractivity contribution in [2.24, 2.45) is 5.10 Å². The van der Waals surface area contributed by atoms with Gasteiger partial charge in [0.15, 0.2) is 0 Å². The Balaban J connectivity index is 1.98. The fraction of sp³-hybridized carbons (Fsp3) is 0. The molecule has 17 heavy (non-hydrogen) atoms. The zero-order valence-corrected chi connectivity index (χ0v) is 11.0. The number of pyridine rings is 1. The number of rotatable bonds is 3. The van der Waals surface area contributed by atoms with Gasteiger partial charge in [0.2, 0.25) is 0 Å². The van der Waals surface area contributed by atoms with E-state index in [0.29, 0.717) is 5.56 Å². The van der Waals surface area contributed by atoms with Crippen LogP contribution in [0.15, 0.2) is 45.5 Å². The Hall–Kier alpha value is -1.53. The smallest absolute Gasteiger partial charge is 0.267 e. The van der Waals surface area contributed by atoms with Gasteiger partial charge in [-0.2, -0.15) is 5.10 Å². The van der Waals surface area contributed by atoms with Crippen molar-refractivity contribution in [2.75, 3.05) is 0 Å². The van der Waals surface area contributed by atoms with Gasteiger partial charge in [-0.15, -0.1) is 11.3 Å². The summed E-state index contributed by atoms with van der Waals surface area (Å²) in [5.74, 6) is -0.286. The molecular weight excluding hydrogens is 302 g/mol. The molecule has 0 fully saturated rings. The van der Waals surface area contributed by atoms with Crippen LogP contribution in [0.3, 0.4) is 0 Å². The second-order valence-corrected chi connectivity index (χ2v) is 5.00. The number of hydrazone groups is 1. The van der Waals surface area contributed by atoms with Crippen LogP contribution < -0.4 is 5.43 Å². The zero-order valence-electron chi connectivity index (χ0n) is 8.63. The van der Waals surface area contributed by atoms with Crippen LogP contribution in [-0.2, 0) is 0 Å². The summed E-state index contributed by atoms with van der Waals surface area (Å²) in [4.78, 5) is 16.5. The molecule has 0 atom stereocenters. The molecule has 6 heteroatoms. The first-order valence-electron chi connectivity index (χ1n) is 4.73.